The summed E-state index contributed by atoms with van der Waals surface area (Å²) in [6.07, 6.45) is -2.21. The SMILES string of the molecule is CN(C[C@H]1O[C@@H](n2cnc3c(N)ncnc32)[C@@H](O)[C@H]1O)C1CC(CCc2nc3ccc(OC(F)(F)F)cc3[nH]2)C1. The fraction of sp³-hybridized carbons (Fsp3) is 0.520. The number of halogens is 3. The molecule has 1 aliphatic carbocycles. The predicted molar refractivity (Wildman–Crippen MR) is 136 cm³/mol. The number of nitrogens with two attached hydrogens (primary N) is 1. The molecule has 2 fully saturated rings. The van der Waals surface area contributed by atoms with Gasteiger partial charge in [-0.1, -0.05) is 0 Å². The summed E-state index contributed by atoms with van der Waals surface area (Å²) in [5.74, 6) is 1.13. The van der Waals surface area contributed by atoms with Crippen LogP contribution in [0.1, 0.15) is 31.3 Å². The number of hydrogen-bond donors (Lipinski definition) is 4. The van der Waals surface area contributed by atoms with Crippen LogP contribution in [0.4, 0.5) is 19.0 Å². The van der Waals surface area contributed by atoms with Crippen LogP contribution < -0.4 is 10.5 Å². The van der Waals surface area contributed by atoms with E-state index in [-0.39, 0.29) is 11.6 Å². The molecule has 6 rings (SSSR count). The molecule has 1 saturated heterocycles. The van der Waals surface area contributed by atoms with Crippen LogP contribution in [0.15, 0.2) is 30.9 Å². The van der Waals surface area contributed by atoms with Gasteiger partial charge in [-0.05, 0) is 44.4 Å². The van der Waals surface area contributed by atoms with Crippen molar-refractivity contribution in [2.24, 2.45) is 5.92 Å². The Labute approximate surface area is 226 Å². The molecule has 15 heteroatoms. The van der Waals surface area contributed by atoms with Crippen molar-refractivity contribution in [3.63, 3.8) is 0 Å². The minimum Gasteiger partial charge on any atom is -0.406 e. The summed E-state index contributed by atoms with van der Waals surface area (Å²) in [6.45, 7) is 0.432. The van der Waals surface area contributed by atoms with Crippen molar-refractivity contribution in [1.82, 2.24) is 34.4 Å². The van der Waals surface area contributed by atoms with Crippen molar-refractivity contribution in [3.8, 4) is 5.75 Å². The van der Waals surface area contributed by atoms with E-state index in [1.165, 1.54) is 30.9 Å². The van der Waals surface area contributed by atoms with E-state index in [9.17, 15) is 23.4 Å². The molecule has 0 radical (unpaired) electrons. The Bertz CT molecular complexity index is 1500. The number of aliphatic hydroxyl groups is 2. The number of nitrogen functional groups attached to an aromatic ring is 1. The van der Waals surface area contributed by atoms with Gasteiger partial charge in [-0.25, -0.2) is 19.9 Å². The number of fused-ring (bicyclic) bond motifs is 2. The van der Waals surface area contributed by atoms with E-state index >= 15 is 0 Å². The number of likely N-dealkylation sites (N-methyl/N-ethyl adjacent to an activating group) is 1. The van der Waals surface area contributed by atoms with Gasteiger partial charge in [-0.2, -0.15) is 0 Å². The number of nitrogens with one attached hydrogen (secondary N) is 1. The molecule has 0 bridgehead atoms. The molecule has 1 aliphatic heterocycles. The largest absolute Gasteiger partial charge is 0.573 e. The molecule has 214 valence electrons. The van der Waals surface area contributed by atoms with Gasteiger partial charge in [-0.15, -0.1) is 13.2 Å². The monoisotopic (exact) mass is 562 g/mol. The van der Waals surface area contributed by atoms with Crippen LogP contribution in [-0.2, 0) is 11.2 Å². The van der Waals surface area contributed by atoms with Crippen molar-refractivity contribution in [3.05, 3.63) is 36.7 Å². The van der Waals surface area contributed by atoms with Crippen LogP contribution in [0.3, 0.4) is 0 Å². The van der Waals surface area contributed by atoms with Crippen molar-refractivity contribution in [2.75, 3.05) is 19.3 Å². The number of aromatic nitrogens is 6. The van der Waals surface area contributed by atoms with Crippen molar-refractivity contribution >= 4 is 28.0 Å². The lowest BCUT2D eigenvalue weighted by atomic mass is 9.76. The topological polar surface area (TPSA) is 160 Å². The number of hydrogen-bond acceptors (Lipinski definition) is 10. The fourth-order valence-corrected chi connectivity index (χ4v) is 5.59. The molecule has 40 heavy (non-hydrogen) atoms. The Morgan fingerprint density at radius 1 is 1.20 bits per heavy atom. The Kier molecular flexibility index (Phi) is 6.76. The molecule has 4 aromatic rings. The van der Waals surface area contributed by atoms with Gasteiger partial charge in [0.15, 0.2) is 17.7 Å². The lowest BCUT2D eigenvalue weighted by Crippen LogP contribution is -2.47. The number of benzene rings is 1. The number of aromatic amines is 1. The summed E-state index contributed by atoms with van der Waals surface area (Å²) in [5, 5.41) is 21.4. The maximum Gasteiger partial charge on any atom is 0.573 e. The van der Waals surface area contributed by atoms with E-state index < -0.39 is 30.9 Å². The molecule has 12 nitrogen and oxygen atoms in total. The number of aryl methyl sites for hydroxylation is 1. The van der Waals surface area contributed by atoms with Crippen LogP contribution >= 0.6 is 0 Å². The highest BCUT2D eigenvalue weighted by Crippen LogP contribution is 2.37. The smallest absolute Gasteiger partial charge is 0.406 e. The molecule has 3 aromatic heterocycles. The lowest BCUT2D eigenvalue weighted by Gasteiger charge is -2.42. The average molecular weight is 563 g/mol. The fourth-order valence-electron chi connectivity index (χ4n) is 5.59. The van der Waals surface area contributed by atoms with E-state index in [1.54, 1.807) is 4.57 Å². The minimum absolute atomic E-state index is 0.220. The molecule has 4 heterocycles. The van der Waals surface area contributed by atoms with Crippen LogP contribution in [0, 0.1) is 5.92 Å². The number of nitrogens with zero attached hydrogens (tertiary/aromatic N) is 6. The van der Waals surface area contributed by atoms with E-state index in [4.69, 9.17) is 10.5 Å². The molecular formula is C25H29F3N8O4. The van der Waals surface area contributed by atoms with Gasteiger partial charge >= 0.3 is 6.36 Å². The first-order chi connectivity index (χ1) is 19.1. The zero-order valence-electron chi connectivity index (χ0n) is 21.5. The van der Waals surface area contributed by atoms with Crippen LogP contribution in [0.5, 0.6) is 5.75 Å². The first kappa shape index (κ1) is 26.7. The van der Waals surface area contributed by atoms with E-state index in [0.717, 1.165) is 25.1 Å². The third-order valence-electron chi connectivity index (χ3n) is 7.83. The normalized spacial score (nSPS) is 27.1. The Balaban J connectivity index is 0.999. The minimum atomic E-state index is -4.74. The number of imidazole rings is 2. The Hall–Kier alpha value is -3.53. The van der Waals surface area contributed by atoms with Gasteiger partial charge in [0, 0.05) is 25.1 Å². The number of rotatable bonds is 8. The van der Waals surface area contributed by atoms with Gasteiger partial charge in [-0.3, -0.25) is 4.57 Å². The number of H-pyrrole nitrogens is 1. The zero-order valence-corrected chi connectivity index (χ0v) is 21.5. The molecule has 0 unspecified atom stereocenters. The van der Waals surface area contributed by atoms with E-state index in [0.29, 0.717) is 47.1 Å². The molecule has 5 N–H and O–H groups in total. The lowest BCUT2D eigenvalue weighted by molar-refractivity contribution is -0.274. The molecule has 2 aliphatic rings. The van der Waals surface area contributed by atoms with Gasteiger partial charge in [0.2, 0.25) is 0 Å². The maximum atomic E-state index is 12.5. The average Bonchev–Trinajstić information content (AvgIpc) is 3.54. The highest BCUT2D eigenvalue weighted by atomic mass is 19.4. The summed E-state index contributed by atoms with van der Waals surface area (Å²) in [5.41, 5.74) is 7.76. The van der Waals surface area contributed by atoms with Crippen LogP contribution in [0.25, 0.3) is 22.2 Å². The molecule has 1 saturated carbocycles. The molecule has 4 atom stereocenters. The summed E-state index contributed by atoms with van der Waals surface area (Å²) in [7, 11) is 1.97. The van der Waals surface area contributed by atoms with Crippen LogP contribution in [0.2, 0.25) is 0 Å². The van der Waals surface area contributed by atoms with Crippen molar-refractivity contribution in [1.29, 1.82) is 0 Å². The van der Waals surface area contributed by atoms with Crippen molar-refractivity contribution in [2.45, 2.75) is 62.6 Å². The van der Waals surface area contributed by atoms with Gasteiger partial charge < -0.3 is 35.3 Å². The molecule has 1 aromatic carbocycles. The van der Waals surface area contributed by atoms with Gasteiger partial charge in [0.05, 0.1) is 17.4 Å². The second kappa shape index (κ2) is 10.1. The second-order valence-electron chi connectivity index (χ2n) is 10.5. The summed E-state index contributed by atoms with van der Waals surface area (Å²) < 4.78 is 49.1. The summed E-state index contributed by atoms with van der Waals surface area (Å²) in [4.78, 5) is 22.0. The van der Waals surface area contributed by atoms with E-state index in [2.05, 4.69) is 34.6 Å². The summed E-state index contributed by atoms with van der Waals surface area (Å²) in [6, 6.07) is 4.36. The Morgan fingerprint density at radius 2 is 2.00 bits per heavy atom. The highest BCUT2D eigenvalue weighted by Gasteiger charge is 2.45. The second-order valence-corrected chi connectivity index (χ2v) is 10.5. The Morgan fingerprint density at radius 3 is 2.77 bits per heavy atom. The van der Waals surface area contributed by atoms with Crippen LogP contribution in [-0.4, -0.2) is 88.9 Å². The van der Waals surface area contributed by atoms with Gasteiger partial charge in [0.1, 0.15) is 41.7 Å². The molecule has 0 spiro atoms. The number of aliphatic hydroxyl groups excluding tert-OH is 2. The standard InChI is InChI=1S/C25H29F3N8O4/c1-35(9-17-20(37)21(38)24(39-17)36-11-32-19-22(29)30-10-31-23(19)36)13-6-12(7-13)2-5-18-33-15-4-3-14(8-16(15)34-18)40-25(26,27)28/h3-4,8,10-13,17,20-21,24,37-38H,2,5-7,9H2,1H3,(H,33,34)(H2,29,30,31)/t12?,13?,17-,20+,21+,24-/m1/s1. The third kappa shape index (κ3) is 5.16. The number of anilines is 1. The highest BCUT2D eigenvalue weighted by molar-refractivity contribution is 5.81. The zero-order chi connectivity index (χ0) is 28.2. The first-order valence-electron chi connectivity index (χ1n) is 12.9. The third-order valence-corrected chi connectivity index (χ3v) is 7.83. The van der Waals surface area contributed by atoms with Gasteiger partial charge in [0.25, 0.3) is 0 Å². The summed E-state index contributed by atoms with van der Waals surface area (Å²) >= 11 is 0. The number of ether oxygens (including phenoxy) is 2. The first-order valence-corrected chi connectivity index (χ1v) is 12.9. The number of alkyl halides is 3. The predicted octanol–water partition coefficient (Wildman–Crippen LogP) is 2.15. The molecular weight excluding hydrogens is 533 g/mol. The van der Waals surface area contributed by atoms with E-state index in [1.807, 2.05) is 7.05 Å². The van der Waals surface area contributed by atoms with Crippen molar-refractivity contribution < 1.29 is 32.9 Å². The maximum absolute atomic E-state index is 12.5. The molecule has 0 amide bonds. The quantitative estimate of drug-likeness (QED) is 0.251.